The molecule has 1 aromatic rings. The van der Waals surface area contributed by atoms with E-state index < -0.39 is 66.4 Å². The van der Waals surface area contributed by atoms with Crippen molar-refractivity contribution in [1.82, 2.24) is 16.0 Å². The second-order valence-corrected chi connectivity index (χ2v) is 8.10. The second kappa shape index (κ2) is 13.9. The van der Waals surface area contributed by atoms with Crippen LogP contribution >= 0.6 is 0 Å². The molecule has 1 aromatic carbocycles. The number of carbonyl (C=O) groups is 5. The van der Waals surface area contributed by atoms with Gasteiger partial charge in [-0.3, -0.25) is 19.2 Å². The number of nitrogens with one attached hydrogen (secondary N) is 3. The van der Waals surface area contributed by atoms with Crippen LogP contribution in [0.1, 0.15) is 32.3 Å². The van der Waals surface area contributed by atoms with E-state index in [2.05, 4.69) is 16.0 Å². The van der Waals surface area contributed by atoms with Crippen molar-refractivity contribution in [3.05, 3.63) is 35.9 Å². The Morgan fingerprint density at radius 3 is 1.97 bits per heavy atom. The molecule has 12 nitrogen and oxygen atoms in total. The van der Waals surface area contributed by atoms with E-state index in [1.807, 2.05) is 0 Å². The largest absolute Gasteiger partial charge is 0.481 e. The number of rotatable bonds is 14. The highest BCUT2D eigenvalue weighted by Gasteiger charge is 2.31. The van der Waals surface area contributed by atoms with Gasteiger partial charge in [-0.1, -0.05) is 44.2 Å². The van der Waals surface area contributed by atoms with E-state index in [4.69, 9.17) is 15.9 Å². The number of carboxylic acid groups (broad SMARTS) is 2. The van der Waals surface area contributed by atoms with Crippen molar-refractivity contribution in [2.45, 2.75) is 57.3 Å². The summed E-state index contributed by atoms with van der Waals surface area (Å²) >= 11 is 0. The summed E-state index contributed by atoms with van der Waals surface area (Å²) in [6.07, 6.45) is -0.417. The van der Waals surface area contributed by atoms with Gasteiger partial charge in [0.05, 0.1) is 12.6 Å². The van der Waals surface area contributed by atoms with E-state index in [1.54, 1.807) is 44.2 Å². The Labute approximate surface area is 196 Å². The van der Waals surface area contributed by atoms with E-state index in [9.17, 15) is 29.1 Å². The molecule has 0 aliphatic carbocycles. The molecular formula is C22H32N4O8. The van der Waals surface area contributed by atoms with E-state index in [1.165, 1.54) is 0 Å². The van der Waals surface area contributed by atoms with Gasteiger partial charge in [0, 0.05) is 12.8 Å². The molecule has 0 heterocycles. The van der Waals surface area contributed by atoms with Crippen LogP contribution in [-0.4, -0.2) is 75.8 Å². The zero-order valence-electron chi connectivity index (χ0n) is 19.1. The van der Waals surface area contributed by atoms with Crippen molar-refractivity contribution in [2.75, 3.05) is 6.61 Å². The average Bonchev–Trinajstić information content (AvgIpc) is 2.78. The third-order valence-corrected chi connectivity index (χ3v) is 4.97. The number of carboxylic acids is 2. The molecule has 12 heteroatoms. The molecule has 0 radical (unpaired) electrons. The first-order valence-electron chi connectivity index (χ1n) is 10.7. The molecule has 0 saturated heterocycles. The molecule has 0 fully saturated rings. The van der Waals surface area contributed by atoms with Crippen molar-refractivity contribution < 1.29 is 39.3 Å². The van der Waals surface area contributed by atoms with Crippen LogP contribution in [0.5, 0.6) is 0 Å². The molecule has 4 unspecified atom stereocenters. The van der Waals surface area contributed by atoms with Crippen LogP contribution in [0.15, 0.2) is 30.3 Å². The van der Waals surface area contributed by atoms with Crippen molar-refractivity contribution in [1.29, 1.82) is 0 Å². The minimum absolute atomic E-state index is 0.0209. The van der Waals surface area contributed by atoms with E-state index in [-0.39, 0.29) is 19.3 Å². The fourth-order valence-corrected chi connectivity index (χ4v) is 2.98. The molecule has 0 aromatic heterocycles. The van der Waals surface area contributed by atoms with E-state index >= 15 is 0 Å². The topological polar surface area (TPSA) is 208 Å². The predicted molar refractivity (Wildman–Crippen MR) is 120 cm³/mol. The smallest absolute Gasteiger partial charge is 0.328 e. The molecule has 1 rings (SSSR count). The molecule has 3 amide bonds. The van der Waals surface area contributed by atoms with Gasteiger partial charge in [0.15, 0.2) is 0 Å². The molecule has 4 atom stereocenters. The molecule has 0 saturated carbocycles. The minimum atomic E-state index is -1.56. The van der Waals surface area contributed by atoms with E-state index in [0.717, 1.165) is 0 Å². The van der Waals surface area contributed by atoms with Gasteiger partial charge in [-0.2, -0.15) is 0 Å². The van der Waals surface area contributed by atoms with Gasteiger partial charge in [0.25, 0.3) is 0 Å². The zero-order chi connectivity index (χ0) is 25.8. The second-order valence-electron chi connectivity index (χ2n) is 8.10. The van der Waals surface area contributed by atoms with Gasteiger partial charge in [0.2, 0.25) is 17.7 Å². The van der Waals surface area contributed by atoms with Crippen LogP contribution in [0.4, 0.5) is 0 Å². The summed E-state index contributed by atoms with van der Waals surface area (Å²) in [5.41, 5.74) is 6.39. The molecule has 0 spiro atoms. The number of hydrogen-bond acceptors (Lipinski definition) is 7. The standard InChI is InChI=1S/C22H32N4O8/c1-12(2)18(26-19(30)14(23)8-9-17(28)29)21(32)24-15(10-13-6-4-3-5-7-13)20(31)25-16(11-27)22(33)34/h3-7,12,14-16,18,27H,8-11,23H2,1-2H3,(H,24,32)(H,25,31)(H,26,30)(H,28,29)(H,33,34). The monoisotopic (exact) mass is 480 g/mol. The maximum absolute atomic E-state index is 13.0. The van der Waals surface area contributed by atoms with Gasteiger partial charge in [-0.25, -0.2) is 4.79 Å². The lowest BCUT2D eigenvalue weighted by Crippen LogP contribution is -2.59. The lowest BCUT2D eigenvalue weighted by Gasteiger charge is -2.27. The third-order valence-electron chi connectivity index (χ3n) is 4.97. The van der Waals surface area contributed by atoms with Crippen LogP contribution in [0, 0.1) is 5.92 Å². The van der Waals surface area contributed by atoms with Crippen LogP contribution in [0.3, 0.4) is 0 Å². The highest BCUT2D eigenvalue weighted by atomic mass is 16.4. The number of aliphatic hydroxyl groups is 1. The highest BCUT2D eigenvalue weighted by molar-refractivity contribution is 5.94. The number of benzene rings is 1. The summed E-state index contributed by atoms with van der Waals surface area (Å²) in [7, 11) is 0. The highest BCUT2D eigenvalue weighted by Crippen LogP contribution is 2.08. The number of aliphatic hydroxyl groups excluding tert-OH is 1. The Morgan fingerprint density at radius 2 is 1.47 bits per heavy atom. The van der Waals surface area contributed by atoms with Crippen molar-refractivity contribution in [2.24, 2.45) is 11.7 Å². The van der Waals surface area contributed by atoms with Crippen molar-refractivity contribution in [3.63, 3.8) is 0 Å². The molecule has 34 heavy (non-hydrogen) atoms. The van der Waals surface area contributed by atoms with Gasteiger partial charge in [-0.15, -0.1) is 0 Å². The predicted octanol–water partition coefficient (Wildman–Crippen LogP) is -1.39. The number of amides is 3. The Bertz CT molecular complexity index is 862. The maximum Gasteiger partial charge on any atom is 0.328 e. The maximum atomic E-state index is 13.0. The first-order valence-corrected chi connectivity index (χ1v) is 10.7. The van der Waals surface area contributed by atoms with Gasteiger partial charge in [-0.05, 0) is 17.9 Å². The van der Waals surface area contributed by atoms with Crippen LogP contribution in [0.25, 0.3) is 0 Å². The average molecular weight is 481 g/mol. The quantitative estimate of drug-likeness (QED) is 0.167. The van der Waals surface area contributed by atoms with Gasteiger partial charge in [0.1, 0.15) is 18.1 Å². The molecule has 0 aliphatic rings. The first kappa shape index (κ1) is 28.5. The van der Waals surface area contributed by atoms with Crippen LogP contribution in [-0.2, 0) is 30.4 Å². The summed E-state index contributed by atoms with van der Waals surface area (Å²) in [6, 6.07) is 3.66. The molecular weight excluding hydrogens is 448 g/mol. The van der Waals surface area contributed by atoms with Crippen LogP contribution < -0.4 is 21.7 Å². The minimum Gasteiger partial charge on any atom is -0.481 e. The zero-order valence-corrected chi connectivity index (χ0v) is 19.1. The number of carbonyl (C=O) groups excluding carboxylic acids is 3. The summed E-state index contributed by atoms with van der Waals surface area (Å²) in [5, 5.41) is 34.3. The molecule has 0 bridgehead atoms. The lowest BCUT2D eigenvalue weighted by molar-refractivity contribution is -0.143. The Morgan fingerprint density at radius 1 is 0.882 bits per heavy atom. The van der Waals surface area contributed by atoms with Gasteiger partial charge < -0.3 is 37.0 Å². The first-order chi connectivity index (χ1) is 16.0. The molecule has 188 valence electrons. The van der Waals surface area contributed by atoms with Gasteiger partial charge >= 0.3 is 11.9 Å². The Kier molecular flexibility index (Phi) is 11.7. The molecule has 8 N–H and O–H groups in total. The lowest BCUT2D eigenvalue weighted by atomic mass is 10.00. The number of aliphatic carboxylic acids is 2. The summed E-state index contributed by atoms with van der Waals surface area (Å²) < 4.78 is 0. The molecule has 0 aliphatic heterocycles. The van der Waals surface area contributed by atoms with Crippen molar-refractivity contribution >= 4 is 29.7 Å². The van der Waals surface area contributed by atoms with E-state index in [0.29, 0.717) is 5.56 Å². The SMILES string of the molecule is CC(C)C(NC(=O)C(N)CCC(=O)O)C(=O)NC(Cc1ccccc1)C(=O)NC(CO)C(=O)O. The van der Waals surface area contributed by atoms with Crippen molar-refractivity contribution in [3.8, 4) is 0 Å². The summed E-state index contributed by atoms with van der Waals surface area (Å²) in [6.45, 7) is 2.48. The fourth-order valence-electron chi connectivity index (χ4n) is 2.98. The fraction of sp³-hybridized carbons (Fsp3) is 0.500. The Balaban J connectivity index is 3.01. The van der Waals surface area contributed by atoms with Crippen LogP contribution in [0.2, 0.25) is 0 Å². The Hall–Kier alpha value is -3.51. The number of nitrogens with two attached hydrogens (primary N) is 1. The third kappa shape index (κ3) is 9.55. The number of hydrogen-bond donors (Lipinski definition) is 7. The normalized spacial score (nSPS) is 14.4. The summed E-state index contributed by atoms with van der Waals surface area (Å²) in [5.74, 6) is -5.22. The summed E-state index contributed by atoms with van der Waals surface area (Å²) in [4.78, 5) is 60.0.